The first-order valence-electron chi connectivity index (χ1n) is 3.97. The normalized spacial score (nSPS) is 23.4. The van der Waals surface area contributed by atoms with Crippen LogP contribution >= 0.6 is 0 Å². The summed E-state index contributed by atoms with van der Waals surface area (Å²) >= 11 is 0. The molecule has 1 aliphatic heterocycles. The first-order chi connectivity index (χ1) is 4.83. The minimum Gasteiger partial charge on any atom is -0.319 e. The van der Waals surface area contributed by atoms with Gasteiger partial charge in [0.1, 0.15) is 0 Å². The molecule has 0 aliphatic carbocycles. The second-order valence-corrected chi connectivity index (χ2v) is 3.04. The smallest absolute Gasteiger partial charge is 0.0131 e. The van der Waals surface area contributed by atoms with Gasteiger partial charge >= 0.3 is 0 Å². The van der Waals surface area contributed by atoms with E-state index < -0.39 is 0 Å². The third-order valence-corrected chi connectivity index (χ3v) is 2.14. The molecule has 1 aliphatic rings. The minimum absolute atomic E-state index is 0.852. The van der Waals surface area contributed by atoms with Crippen molar-refractivity contribution in [2.24, 2.45) is 11.8 Å². The van der Waals surface area contributed by atoms with Gasteiger partial charge in [0, 0.05) is 13.1 Å². The van der Waals surface area contributed by atoms with E-state index in [2.05, 4.69) is 5.32 Å². The number of hydrazine groups is 1. The molecule has 3 N–H and O–H groups in total. The first-order valence-corrected chi connectivity index (χ1v) is 3.97. The van der Waals surface area contributed by atoms with Crippen molar-refractivity contribution in [3.63, 3.8) is 0 Å². The van der Waals surface area contributed by atoms with Crippen LogP contribution in [0, 0.1) is 5.92 Å². The second-order valence-electron chi connectivity index (χ2n) is 3.04. The Hall–Kier alpha value is -0.120. The van der Waals surface area contributed by atoms with Gasteiger partial charge in [-0.15, -0.1) is 0 Å². The lowest BCUT2D eigenvalue weighted by Crippen LogP contribution is -2.40. The van der Waals surface area contributed by atoms with E-state index in [0.29, 0.717) is 0 Å². The van der Waals surface area contributed by atoms with E-state index >= 15 is 0 Å². The highest BCUT2D eigenvalue weighted by Crippen LogP contribution is 2.13. The summed E-state index contributed by atoms with van der Waals surface area (Å²) in [6.45, 7) is 3.27. The summed E-state index contributed by atoms with van der Waals surface area (Å²) in [5, 5.41) is 5.10. The van der Waals surface area contributed by atoms with Crippen LogP contribution in [0.25, 0.3) is 0 Å². The molecule has 0 bridgehead atoms. The summed E-state index contributed by atoms with van der Waals surface area (Å²) in [6.07, 6.45) is 2.49. The lowest BCUT2D eigenvalue weighted by Gasteiger charge is -2.28. The van der Waals surface area contributed by atoms with Crippen LogP contribution in [0.15, 0.2) is 0 Å². The molecule has 0 radical (unpaired) electrons. The van der Waals surface area contributed by atoms with Gasteiger partial charge in [-0.2, -0.15) is 0 Å². The van der Waals surface area contributed by atoms with E-state index in [4.69, 9.17) is 5.84 Å². The van der Waals surface area contributed by atoms with Crippen molar-refractivity contribution in [2.45, 2.75) is 12.8 Å². The van der Waals surface area contributed by atoms with Gasteiger partial charge in [0.2, 0.25) is 0 Å². The number of nitrogens with two attached hydrogens (primary N) is 1. The third-order valence-electron chi connectivity index (χ3n) is 2.14. The summed E-state index contributed by atoms with van der Waals surface area (Å²) < 4.78 is 0. The molecule has 3 nitrogen and oxygen atoms in total. The Labute approximate surface area is 62.5 Å². The van der Waals surface area contributed by atoms with Crippen molar-refractivity contribution in [1.82, 2.24) is 10.3 Å². The van der Waals surface area contributed by atoms with Gasteiger partial charge in [0.15, 0.2) is 0 Å². The van der Waals surface area contributed by atoms with E-state index in [9.17, 15) is 0 Å². The zero-order chi connectivity index (χ0) is 7.40. The predicted molar refractivity (Wildman–Crippen MR) is 42.4 cm³/mol. The van der Waals surface area contributed by atoms with Gasteiger partial charge in [0.25, 0.3) is 0 Å². The fraction of sp³-hybridized carbons (Fsp3) is 1.00. The summed E-state index contributed by atoms with van der Waals surface area (Å²) in [6, 6.07) is 0. The standard InChI is InChI=1S/C7H17N3/c1-9-6-7-2-4-10(8)5-3-7/h7,9H,2-6,8H2,1H3. The van der Waals surface area contributed by atoms with Crippen LogP contribution in [0.5, 0.6) is 0 Å². The van der Waals surface area contributed by atoms with Crippen LogP contribution in [0.4, 0.5) is 0 Å². The highest BCUT2D eigenvalue weighted by atomic mass is 15.4. The van der Waals surface area contributed by atoms with Gasteiger partial charge in [0.05, 0.1) is 0 Å². The number of hydrogen-bond acceptors (Lipinski definition) is 3. The maximum Gasteiger partial charge on any atom is 0.0131 e. The van der Waals surface area contributed by atoms with Crippen LogP contribution in [-0.4, -0.2) is 31.7 Å². The molecule has 0 aromatic heterocycles. The SMILES string of the molecule is CNCC1CCN(N)CC1. The molecular weight excluding hydrogens is 126 g/mol. The molecule has 0 amide bonds. The number of nitrogens with zero attached hydrogens (tertiary/aromatic N) is 1. The van der Waals surface area contributed by atoms with Crippen molar-refractivity contribution in [2.75, 3.05) is 26.7 Å². The molecule has 1 saturated heterocycles. The number of piperidine rings is 1. The van der Waals surface area contributed by atoms with Crippen LogP contribution in [-0.2, 0) is 0 Å². The molecule has 1 heterocycles. The van der Waals surface area contributed by atoms with Crippen LogP contribution in [0.1, 0.15) is 12.8 Å². The van der Waals surface area contributed by atoms with Crippen molar-refractivity contribution >= 4 is 0 Å². The van der Waals surface area contributed by atoms with E-state index in [1.54, 1.807) is 0 Å². The molecule has 0 spiro atoms. The van der Waals surface area contributed by atoms with Crippen LogP contribution in [0.3, 0.4) is 0 Å². The Morgan fingerprint density at radius 1 is 1.50 bits per heavy atom. The first kappa shape index (κ1) is 7.98. The molecule has 60 valence electrons. The molecule has 0 aromatic rings. The van der Waals surface area contributed by atoms with Gasteiger partial charge in [-0.3, -0.25) is 5.84 Å². The van der Waals surface area contributed by atoms with Crippen LogP contribution < -0.4 is 11.2 Å². The number of hydrogen-bond donors (Lipinski definition) is 2. The molecule has 3 heteroatoms. The Morgan fingerprint density at radius 3 is 2.60 bits per heavy atom. The number of nitrogens with one attached hydrogen (secondary N) is 1. The molecular formula is C7H17N3. The highest BCUT2D eigenvalue weighted by molar-refractivity contribution is 4.69. The lowest BCUT2D eigenvalue weighted by molar-refractivity contribution is 0.187. The van der Waals surface area contributed by atoms with Crippen molar-refractivity contribution in [3.8, 4) is 0 Å². The molecule has 0 atom stereocenters. The maximum absolute atomic E-state index is 5.61. The molecule has 0 saturated carbocycles. The van der Waals surface area contributed by atoms with E-state index in [0.717, 1.165) is 25.6 Å². The monoisotopic (exact) mass is 143 g/mol. The lowest BCUT2D eigenvalue weighted by atomic mass is 9.98. The zero-order valence-electron chi connectivity index (χ0n) is 6.64. The Morgan fingerprint density at radius 2 is 2.10 bits per heavy atom. The van der Waals surface area contributed by atoms with Gasteiger partial charge in [-0.1, -0.05) is 0 Å². The van der Waals surface area contributed by atoms with E-state index in [-0.39, 0.29) is 0 Å². The average Bonchev–Trinajstić information content (AvgIpc) is 1.95. The van der Waals surface area contributed by atoms with Crippen LogP contribution in [0.2, 0.25) is 0 Å². The molecule has 10 heavy (non-hydrogen) atoms. The van der Waals surface area contributed by atoms with Gasteiger partial charge in [-0.25, -0.2) is 5.01 Å². The van der Waals surface area contributed by atoms with E-state index in [1.807, 2.05) is 12.1 Å². The Kier molecular flexibility index (Phi) is 3.12. The number of rotatable bonds is 2. The molecule has 0 unspecified atom stereocenters. The third kappa shape index (κ3) is 2.25. The minimum atomic E-state index is 0.852. The predicted octanol–water partition coefficient (Wildman–Crippen LogP) is -0.208. The van der Waals surface area contributed by atoms with Gasteiger partial charge in [-0.05, 0) is 32.4 Å². The van der Waals surface area contributed by atoms with Crippen molar-refractivity contribution in [1.29, 1.82) is 0 Å². The average molecular weight is 143 g/mol. The molecule has 1 rings (SSSR count). The molecule has 0 aromatic carbocycles. The summed E-state index contributed by atoms with van der Waals surface area (Å²) in [5.41, 5.74) is 0. The van der Waals surface area contributed by atoms with Crippen molar-refractivity contribution in [3.05, 3.63) is 0 Å². The Bertz CT molecular complexity index is 86.9. The largest absolute Gasteiger partial charge is 0.319 e. The fourth-order valence-corrected chi connectivity index (χ4v) is 1.45. The fourth-order valence-electron chi connectivity index (χ4n) is 1.45. The summed E-state index contributed by atoms with van der Waals surface area (Å²) in [5.74, 6) is 6.46. The summed E-state index contributed by atoms with van der Waals surface area (Å²) in [7, 11) is 2.01. The summed E-state index contributed by atoms with van der Waals surface area (Å²) in [4.78, 5) is 0. The van der Waals surface area contributed by atoms with E-state index in [1.165, 1.54) is 12.8 Å². The second kappa shape index (κ2) is 3.91. The maximum atomic E-state index is 5.61. The molecule has 1 fully saturated rings. The highest BCUT2D eigenvalue weighted by Gasteiger charge is 2.15. The topological polar surface area (TPSA) is 41.3 Å². The van der Waals surface area contributed by atoms with Gasteiger partial charge < -0.3 is 5.32 Å². The zero-order valence-corrected chi connectivity index (χ0v) is 6.64. The van der Waals surface area contributed by atoms with Crippen molar-refractivity contribution < 1.29 is 0 Å². The Balaban J connectivity index is 2.13. The quantitative estimate of drug-likeness (QED) is 0.526.